The van der Waals surface area contributed by atoms with Gasteiger partial charge in [-0.3, -0.25) is 14.4 Å². The Morgan fingerprint density at radius 1 is 1.35 bits per heavy atom. The van der Waals surface area contributed by atoms with E-state index in [0.717, 1.165) is 38.9 Å². The molecule has 1 amide bonds. The summed E-state index contributed by atoms with van der Waals surface area (Å²) in [5, 5.41) is 7.44. The summed E-state index contributed by atoms with van der Waals surface area (Å²) in [6.45, 7) is 2.81. The molecule has 1 aliphatic carbocycles. The first-order valence-corrected chi connectivity index (χ1v) is 8.90. The van der Waals surface area contributed by atoms with Crippen LogP contribution in [-0.4, -0.2) is 46.3 Å². The number of nitrogens with zero attached hydrogens (tertiary/aromatic N) is 3. The third kappa shape index (κ3) is 4.67. The summed E-state index contributed by atoms with van der Waals surface area (Å²) < 4.78 is 1.85. The molecule has 23 heavy (non-hydrogen) atoms. The van der Waals surface area contributed by atoms with Crippen LogP contribution in [0, 0.1) is 0 Å². The van der Waals surface area contributed by atoms with E-state index in [2.05, 4.69) is 27.6 Å². The predicted octanol–water partition coefficient (Wildman–Crippen LogP) is 2.35. The van der Waals surface area contributed by atoms with Crippen LogP contribution in [0.1, 0.15) is 50.5 Å². The number of aromatic nitrogens is 2. The van der Waals surface area contributed by atoms with Crippen LogP contribution in [0.5, 0.6) is 0 Å². The molecule has 0 bridgehead atoms. The van der Waals surface area contributed by atoms with Crippen molar-refractivity contribution in [3.63, 3.8) is 0 Å². The molecule has 5 nitrogen and oxygen atoms in total. The molecule has 0 atom stereocenters. The summed E-state index contributed by atoms with van der Waals surface area (Å²) in [7, 11) is 1.95. The lowest BCUT2D eigenvalue weighted by Crippen LogP contribution is -2.38. The zero-order chi connectivity index (χ0) is 16.1. The van der Waals surface area contributed by atoms with Gasteiger partial charge >= 0.3 is 0 Å². The Kier molecular flexibility index (Phi) is 5.49. The van der Waals surface area contributed by atoms with Gasteiger partial charge in [-0.15, -0.1) is 0 Å². The van der Waals surface area contributed by atoms with Gasteiger partial charge in [0.1, 0.15) is 0 Å². The van der Waals surface area contributed by atoms with Crippen molar-refractivity contribution < 1.29 is 4.79 Å². The maximum absolute atomic E-state index is 12.1. The lowest BCUT2D eigenvalue weighted by molar-refractivity contribution is -0.122. The average Bonchev–Trinajstić information content (AvgIpc) is 3.01. The van der Waals surface area contributed by atoms with Gasteiger partial charge in [0.2, 0.25) is 5.91 Å². The van der Waals surface area contributed by atoms with E-state index in [0.29, 0.717) is 12.5 Å². The molecule has 0 aromatic carbocycles. The summed E-state index contributed by atoms with van der Waals surface area (Å²) in [4.78, 5) is 14.4. The molecule has 1 aromatic rings. The van der Waals surface area contributed by atoms with Crippen molar-refractivity contribution in [2.75, 3.05) is 19.6 Å². The van der Waals surface area contributed by atoms with Crippen LogP contribution in [0.15, 0.2) is 18.5 Å². The van der Waals surface area contributed by atoms with E-state index in [1.807, 2.05) is 17.9 Å². The highest BCUT2D eigenvalue weighted by Gasteiger charge is 2.18. The van der Waals surface area contributed by atoms with Crippen molar-refractivity contribution in [1.82, 2.24) is 20.0 Å². The van der Waals surface area contributed by atoms with E-state index in [1.165, 1.54) is 30.4 Å². The van der Waals surface area contributed by atoms with E-state index in [-0.39, 0.29) is 5.91 Å². The Labute approximate surface area is 138 Å². The number of nitrogens with one attached hydrogen (secondary N) is 1. The van der Waals surface area contributed by atoms with E-state index < -0.39 is 0 Å². The smallest absolute Gasteiger partial charge is 0.221 e. The van der Waals surface area contributed by atoms with Crippen molar-refractivity contribution in [3.05, 3.63) is 24.0 Å². The maximum atomic E-state index is 12.1. The molecule has 1 aromatic heterocycles. The van der Waals surface area contributed by atoms with Crippen molar-refractivity contribution in [3.8, 4) is 0 Å². The van der Waals surface area contributed by atoms with E-state index in [1.54, 1.807) is 0 Å². The molecule has 1 saturated carbocycles. The number of carbonyl (C=O) groups excluding carboxylic acids is 1. The first kappa shape index (κ1) is 16.2. The Bertz CT molecular complexity index is 557. The maximum Gasteiger partial charge on any atom is 0.221 e. The van der Waals surface area contributed by atoms with Crippen molar-refractivity contribution in [1.29, 1.82) is 0 Å². The molecule has 3 rings (SSSR count). The van der Waals surface area contributed by atoms with Crippen LogP contribution in [0.25, 0.3) is 5.57 Å². The van der Waals surface area contributed by atoms with Crippen LogP contribution in [-0.2, 0) is 11.8 Å². The topological polar surface area (TPSA) is 50.2 Å². The SMILES string of the molecule is Cn1cc(C2=CCN(CCC(=O)NC3CCCCC3)CC2)cn1. The van der Waals surface area contributed by atoms with E-state index in [4.69, 9.17) is 0 Å². The van der Waals surface area contributed by atoms with Gasteiger partial charge in [0.05, 0.1) is 6.20 Å². The van der Waals surface area contributed by atoms with Gasteiger partial charge in [-0.1, -0.05) is 25.3 Å². The molecule has 0 unspecified atom stereocenters. The van der Waals surface area contributed by atoms with Gasteiger partial charge in [-0.05, 0) is 24.8 Å². The van der Waals surface area contributed by atoms with E-state index >= 15 is 0 Å². The lowest BCUT2D eigenvalue weighted by atomic mass is 9.95. The second-order valence-electron chi connectivity index (χ2n) is 6.84. The molecule has 5 heteroatoms. The second kappa shape index (κ2) is 7.77. The molecule has 1 aliphatic heterocycles. The normalized spacial score (nSPS) is 20.3. The van der Waals surface area contributed by atoms with Crippen molar-refractivity contribution >= 4 is 11.5 Å². The van der Waals surface area contributed by atoms with Gasteiger partial charge in [0.15, 0.2) is 0 Å². The van der Waals surface area contributed by atoms with Gasteiger partial charge in [-0.2, -0.15) is 5.10 Å². The van der Waals surface area contributed by atoms with Crippen molar-refractivity contribution in [2.45, 2.75) is 51.0 Å². The fourth-order valence-corrected chi connectivity index (χ4v) is 3.57. The minimum Gasteiger partial charge on any atom is -0.353 e. The number of carbonyl (C=O) groups is 1. The summed E-state index contributed by atoms with van der Waals surface area (Å²) in [5.41, 5.74) is 2.60. The standard InChI is InChI=1S/C18H28N4O/c1-21-14-16(13-19-21)15-7-10-22(11-8-15)12-9-18(23)20-17-5-3-2-4-6-17/h7,13-14,17H,2-6,8-12H2,1H3,(H,20,23). The fraction of sp³-hybridized carbons (Fsp3) is 0.667. The first-order valence-electron chi connectivity index (χ1n) is 8.90. The highest BCUT2D eigenvalue weighted by molar-refractivity contribution is 5.76. The van der Waals surface area contributed by atoms with Crippen LogP contribution in [0.3, 0.4) is 0 Å². The van der Waals surface area contributed by atoms with Gasteiger partial charge < -0.3 is 5.32 Å². The van der Waals surface area contributed by atoms with Gasteiger partial charge in [-0.25, -0.2) is 0 Å². The number of rotatable bonds is 5. The minimum atomic E-state index is 0.221. The summed E-state index contributed by atoms with van der Waals surface area (Å²) in [6.07, 6.45) is 14.1. The Morgan fingerprint density at radius 2 is 2.17 bits per heavy atom. The number of hydrogen-bond acceptors (Lipinski definition) is 3. The minimum absolute atomic E-state index is 0.221. The molecule has 0 radical (unpaired) electrons. The number of amides is 1. The molecule has 2 heterocycles. The molecule has 0 saturated heterocycles. The third-order valence-corrected chi connectivity index (χ3v) is 4.99. The quantitative estimate of drug-likeness (QED) is 0.907. The molecular weight excluding hydrogens is 288 g/mol. The number of hydrogen-bond donors (Lipinski definition) is 1. The highest BCUT2D eigenvalue weighted by Crippen LogP contribution is 2.21. The van der Waals surface area contributed by atoms with Crippen molar-refractivity contribution in [2.24, 2.45) is 7.05 Å². The zero-order valence-corrected chi connectivity index (χ0v) is 14.1. The summed E-state index contributed by atoms with van der Waals surface area (Å²) >= 11 is 0. The zero-order valence-electron chi connectivity index (χ0n) is 14.1. The van der Waals surface area contributed by atoms with Crippen LogP contribution < -0.4 is 5.32 Å². The second-order valence-corrected chi connectivity index (χ2v) is 6.84. The monoisotopic (exact) mass is 316 g/mol. The van der Waals surface area contributed by atoms with Gasteiger partial charge in [0, 0.05) is 50.9 Å². The molecule has 0 spiro atoms. The molecule has 1 fully saturated rings. The van der Waals surface area contributed by atoms with Gasteiger partial charge in [0.25, 0.3) is 0 Å². The Hall–Kier alpha value is -1.62. The third-order valence-electron chi connectivity index (χ3n) is 4.99. The number of aryl methyl sites for hydroxylation is 1. The Morgan fingerprint density at radius 3 is 2.83 bits per heavy atom. The first-order chi connectivity index (χ1) is 11.2. The predicted molar refractivity (Wildman–Crippen MR) is 91.9 cm³/mol. The van der Waals surface area contributed by atoms with Crippen LogP contribution >= 0.6 is 0 Å². The molecular formula is C18H28N4O. The lowest BCUT2D eigenvalue weighted by Gasteiger charge is -2.27. The Balaban J connectivity index is 1.40. The van der Waals surface area contributed by atoms with Crippen LogP contribution in [0.2, 0.25) is 0 Å². The average molecular weight is 316 g/mol. The highest BCUT2D eigenvalue weighted by atomic mass is 16.1. The largest absolute Gasteiger partial charge is 0.353 e. The summed E-state index contributed by atoms with van der Waals surface area (Å²) in [5.74, 6) is 0.221. The molecule has 1 N–H and O–H groups in total. The van der Waals surface area contributed by atoms with E-state index in [9.17, 15) is 4.79 Å². The molecule has 126 valence electrons. The fourth-order valence-electron chi connectivity index (χ4n) is 3.57. The summed E-state index contributed by atoms with van der Waals surface area (Å²) in [6, 6.07) is 0.426. The molecule has 2 aliphatic rings. The van der Waals surface area contributed by atoms with Crippen LogP contribution in [0.4, 0.5) is 0 Å².